The van der Waals surface area contributed by atoms with Crippen molar-refractivity contribution in [1.29, 1.82) is 0 Å². The lowest BCUT2D eigenvalue weighted by molar-refractivity contribution is -0.255. The summed E-state index contributed by atoms with van der Waals surface area (Å²) < 4.78 is 26.3. The fourth-order valence-electron chi connectivity index (χ4n) is 10.2. The highest BCUT2D eigenvalue weighted by Gasteiger charge is 2.65. The number of amides is 2. The average Bonchev–Trinajstić information content (AvgIpc) is 3.30. The largest absolute Gasteiger partial charge is 0.459 e. The summed E-state index contributed by atoms with van der Waals surface area (Å²) in [5, 5.41) is 27.4. The van der Waals surface area contributed by atoms with E-state index >= 15 is 0 Å². The van der Waals surface area contributed by atoms with Gasteiger partial charge in [-0.2, -0.15) is 0 Å². The highest BCUT2D eigenvalue weighted by molar-refractivity contribution is 6.03. The van der Waals surface area contributed by atoms with E-state index in [1.165, 1.54) is 52.1 Å². The second kappa shape index (κ2) is 27.2. The van der Waals surface area contributed by atoms with Gasteiger partial charge in [0.05, 0.1) is 18.2 Å². The number of allylic oxidation sites excluding steroid dienone is 1. The number of ether oxygens (including phenoxy) is 4. The van der Waals surface area contributed by atoms with Gasteiger partial charge >= 0.3 is 12.2 Å². The average molecular weight is 888 g/mol. The smallest absolute Gasteiger partial charge is 0.412 e. The number of hydrogen-bond donors (Lipinski definition) is 3. The first-order valence-corrected chi connectivity index (χ1v) is 24.4. The zero-order chi connectivity index (χ0) is 45.6. The Labute approximate surface area is 382 Å². The minimum atomic E-state index is -1.41. The van der Waals surface area contributed by atoms with Crippen LogP contribution in [-0.2, 0) is 20.9 Å². The van der Waals surface area contributed by atoms with Crippen LogP contribution in [0.5, 0.6) is 11.5 Å². The van der Waals surface area contributed by atoms with Crippen LogP contribution in [0.4, 0.5) is 9.59 Å². The molecule has 0 unspecified atom stereocenters. The molecule has 1 aliphatic heterocycles. The maximum Gasteiger partial charge on any atom is 0.412 e. The minimum Gasteiger partial charge on any atom is -0.459 e. The second-order valence-electron chi connectivity index (χ2n) is 17.7. The normalized spacial score (nSPS) is 22.7. The van der Waals surface area contributed by atoms with Crippen molar-refractivity contribution >= 4 is 17.9 Å². The Kier molecular flexibility index (Phi) is 21.5. The van der Waals surface area contributed by atoms with Crippen LogP contribution in [0.3, 0.4) is 0 Å². The Bertz CT molecular complexity index is 1790. The molecule has 1 fully saturated rings. The van der Waals surface area contributed by atoms with E-state index in [1.54, 1.807) is 17.0 Å². The Morgan fingerprint density at radius 1 is 0.906 bits per heavy atom. The summed E-state index contributed by atoms with van der Waals surface area (Å²) in [6.45, 7) is 9.63. The molecule has 0 saturated heterocycles. The molecule has 2 amide bonds. The molecular formula is C52H77N3O9. The molecule has 1 heterocycles. The summed E-state index contributed by atoms with van der Waals surface area (Å²) in [4.78, 5) is 35.0. The predicted molar refractivity (Wildman–Crippen MR) is 251 cm³/mol. The fraction of sp³-hybridized carbons (Fsp3) is 0.635. The van der Waals surface area contributed by atoms with Gasteiger partial charge in [0.25, 0.3) is 0 Å². The van der Waals surface area contributed by atoms with Crippen LogP contribution in [-0.4, -0.2) is 84.9 Å². The van der Waals surface area contributed by atoms with Gasteiger partial charge in [0, 0.05) is 44.2 Å². The van der Waals surface area contributed by atoms with Gasteiger partial charge in [0.1, 0.15) is 31.3 Å². The molecule has 2 aliphatic carbocycles. The van der Waals surface area contributed by atoms with Gasteiger partial charge in [-0.3, -0.25) is 4.90 Å². The van der Waals surface area contributed by atoms with Crippen LogP contribution in [0.25, 0.3) is 0 Å². The number of oxime groups is 1. The predicted octanol–water partition coefficient (Wildman–Crippen LogP) is 11.0. The third-order valence-electron chi connectivity index (χ3n) is 13.1. The topological polar surface area (TPSA) is 148 Å². The van der Waals surface area contributed by atoms with Gasteiger partial charge in [0.2, 0.25) is 5.79 Å². The van der Waals surface area contributed by atoms with Crippen molar-refractivity contribution in [3.8, 4) is 11.5 Å². The van der Waals surface area contributed by atoms with E-state index in [2.05, 4.69) is 30.1 Å². The van der Waals surface area contributed by atoms with E-state index in [1.807, 2.05) is 49.4 Å². The summed E-state index contributed by atoms with van der Waals surface area (Å²) in [5.41, 5.74) is 3.38. The zero-order valence-corrected chi connectivity index (χ0v) is 39.0. The van der Waals surface area contributed by atoms with Crippen LogP contribution in [0.1, 0.15) is 146 Å². The van der Waals surface area contributed by atoms with E-state index in [0.29, 0.717) is 49.6 Å². The van der Waals surface area contributed by atoms with Crippen LogP contribution >= 0.6 is 0 Å². The van der Waals surface area contributed by atoms with Gasteiger partial charge in [-0.25, -0.2) is 9.59 Å². The van der Waals surface area contributed by atoms with Crippen molar-refractivity contribution in [3.05, 3.63) is 84.0 Å². The van der Waals surface area contributed by atoms with Crippen molar-refractivity contribution in [2.45, 2.75) is 154 Å². The van der Waals surface area contributed by atoms with E-state index in [9.17, 15) is 19.8 Å². The SMILES string of the molecule is C=CCO[C@@]12Oc3ccc(OC(=O)NCCCCCCCCCCCC)cc3[C@H]3[C@H](CCCCO)[C@@H](CCCCO)C=C(C(=NOC)C[C@@H]1N(CCC)C(=O)OCc1ccccc1)[C@H]32. The van der Waals surface area contributed by atoms with Crippen molar-refractivity contribution in [1.82, 2.24) is 10.2 Å². The number of nitrogens with one attached hydrogen (secondary N) is 1. The number of benzene rings is 2. The maximum atomic E-state index is 14.4. The molecular weight excluding hydrogens is 811 g/mol. The highest BCUT2D eigenvalue weighted by atomic mass is 16.7. The van der Waals surface area contributed by atoms with Crippen LogP contribution < -0.4 is 14.8 Å². The molecule has 12 heteroatoms. The van der Waals surface area contributed by atoms with Gasteiger partial charge in [-0.15, -0.1) is 6.58 Å². The molecule has 1 saturated carbocycles. The minimum absolute atomic E-state index is 0.0287. The lowest BCUT2D eigenvalue weighted by Crippen LogP contribution is -2.70. The number of aliphatic hydroxyl groups excluding tert-OH is 2. The van der Waals surface area contributed by atoms with Gasteiger partial charge in [0.15, 0.2) is 0 Å². The zero-order valence-electron chi connectivity index (χ0n) is 39.0. The number of carbonyl (C=O) groups excluding carboxylic acids is 2. The number of hydrogen-bond acceptors (Lipinski definition) is 10. The number of fused-ring (bicyclic) bond motifs is 2. The first-order chi connectivity index (χ1) is 31.3. The second-order valence-corrected chi connectivity index (χ2v) is 17.7. The molecule has 354 valence electrons. The van der Waals surface area contributed by atoms with Crippen molar-refractivity contribution in [2.24, 2.45) is 22.9 Å². The number of unbranched alkanes of at least 4 members (excludes halogenated alkanes) is 11. The molecule has 64 heavy (non-hydrogen) atoms. The van der Waals surface area contributed by atoms with Gasteiger partial charge < -0.3 is 39.3 Å². The highest BCUT2D eigenvalue weighted by Crippen LogP contribution is 2.62. The van der Waals surface area contributed by atoms with Gasteiger partial charge in [-0.1, -0.05) is 132 Å². The quantitative estimate of drug-likeness (QED) is 0.0412. The molecule has 0 spiro atoms. The lowest BCUT2D eigenvalue weighted by Gasteiger charge is -2.59. The lowest BCUT2D eigenvalue weighted by atomic mass is 9.55. The van der Waals surface area contributed by atoms with Crippen LogP contribution in [0.15, 0.2) is 78.0 Å². The van der Waals surface area contributed by atoms with E-state index in [-0.39, 0.29) is 50.6 Å². The molecule has 0 bridgehead atoms. The van der Waals surface area contributed by atoms with E-state index < -0.39 is 29.9 Å². The first kappa shape index (κ1) is 50.6. The molecule has 2 aromatic carbocycles. The number of aliphatic hydroxyl groups is 2. The monoisotopic (exact) mass is 888 g/mol. The molecule has 6 atom stereocenters. The molecule has 5 rings (SSSR count). The van der Waals surface area contributed by atoms with Gasteiger partial charge in [-0.05, 0) is 79.7 Å². The summed E-state index contributed by atoms with van der Waals surface area (Å²) in [6.07, 6.45) is 20.6. The van der Waals surface area contributed by atoms with Crippen molar-refractivity contribution in [3.63, 3.8) is 0 Å². The Hall–Kier alpha value is -4.39. The Morgan fingerprint density at radius 2 is 1.61 bits per heavy atom. The molecule has 0 radical (unpaired) electrons. The molecule has 12 nitrogen and oxygen atoms in total. The maximum absolute atomic E-state index is 14.4. The number of nitrogens with zero attached hydrogens (tertiary/aromatic N) is 2. The third-order valence-corrected chi connectivity index (χ3v) is 13.1. The summed E-state index contributed by atoms with van der Waals surface area (Å²) >= 11 is 0. The molecule has 0 aromatic heterocycles. The third kappa shape index (κ3) is 13.6. The Morgan fingerprint density at radius 3 is 2.28 bits per heavy atom. The first-order valence-electron chi connectivity index (χ1n) is 24.4. The summed E-state index contributed by atoms with van der Waals surface area (Å²) in [5.74, 6) is -1.07. The van der Waals surface area contributed by atoms with Crippen molar-refractivity contribution in [2.75, 3.05) is 40.0 Å². The fourth-order valence-corrected chi connectivity index (χ4v) is 10.2. The molecule has 3 N–H and O–H groups in total. The van der Waals surface area contributed by atoms with E-state index in [4.69, 9.17) is 23.8 Å². The summed E-state index contributed by atoms with van der Waals surface area (Å²) in [6, 6.07) is 14.5. The Balaban J connectivity index is 1.51. The van der Waals surface area contributed by atoms with Crippen LogP contribution in [0, 0.1) is 17.8 Å². The van der Waals surface area contributed by atoms with Crippen LogP contribution in [0.2, 0.25) is 0 Å². The van der Waals surface area contributed by atoms with E-state index in [0.717, 1.165) is 61.6 Å². The summed E-state index contributed by atoms with van der Waals surface area (Å²) in [7, 11) is 1.53. The standard InChI is InChI=1S/C52H77N3O9/c1-5-8-9-10-11-12-13-14-15-21-30-53-50(58)63-41-28-29-46-44(36-41)48-42(27-20-23-33-57)40(26-19-22-32-56)35-43-45(54-60-4)37-47(52(64-46,49(43)48)62-34-7-3)55(31-6-2)51(59)61-38-39-24-17-16-18-25-39/h7,16-18,24-25,28-29,35-36,40,42,47-49,56-57H,3,5-6,8-15,19-23,26-27,30-34,37-38H2,1-2,4H3,(H,53,58)/t40-,42+,47-,48+,49+,52+/m0/s1. The van der Waals surface area contributed by atoms with Crippen molar-refractivity contribution < 1.29 is 43.6 Å². The molecule has 3 aliphatic rings. The number of carbonyl (C=O) groups is 2. The molecule has 2 aromatic rings. The number of rotatable bonds is 29.